The van der Waals surface area contributed by atoms with E-state index in [2.05, 4.69) is 20.4 Å². The first kappa shape index (κ1) is 14.6. The molecule has 24 heavy (non-hydrogen) atoms. The van der Waals surface area contributed by atoms with E-state index in [-0.39, 0.29) is 5.91 Å². The van der Waals surface area contributed by atoms with Gasteiger partial charge in [-0.3, -0.25) is 4.79 Å². The molecule has 120 valence electrons. The molecule has 3 aromatic rings. The second-order valence-corrected chi connectivity index (χ2v) is 5.83. The van der Waals surface area contributed by atoms with Crippen LogP contribution >= 0.6 is 0 Å². The Hall–Kier alpha value is -3.02. The molecule has 0 spiro atoms. The molecule has 0 atom stereocenters. The van der Waals surface area contributed by atoms with Gasteiger partial charge < -0.3 is 9.84 Å². The maximum absolute atomic E-state index is 12.2. The molecule has 0 saturated heterocycles. The van der Waals surface area contributed by atoms with Crippen LogP contribution in [-0.4, -0.2) is 21.0 Å². The van der Waals surface area contributed by atoms with Crippen molar-refractivity contribution in [3.05, 3.63) is 65.9 Å². The Bertz CT molecular complexity index is 856. The lowest BCUT2D eigenvalue weighted by Crippen LogP contribution is -2.23. The minimum atomic E-state index is -0.259. The fraction of sp³-hybridized carbons (Fsp3) is 0.222. The number of amides is 1. The first-order valence-electron chi connectivity index (χ1n) is 7.91. The SMILES string of the molecule is O=C(NCc1cc(-c2ccccc2)ncn1)c1cc(C2CC2)on1. The summed E-state index contributed by atoms with van der Waals surface area (Å²) in [7, 11) is 0. The molecule has 0 aliphatic heterocycles. The molecule has 0 radical (unpaired) electrons. The molecule has 1 aliphatic carbocycles. The number of carbonyl (C=O) groups is 1. The third kappa shape index (κ3) is 3.17. The van der Waals surface area contributed by atoms with E-state index >= 15 is 0 Å². The lowest BCUT2D eigenvalue weighted by atomic mass is 10.1. The fourth-order valence-electron chi connectivity index (χ4n) is 2.48. The highest BCUT2D eigenvalue weighted by atomic mass is 16.5. The lowest BCUT2D eigenvalue weighted by molar-refractivity contribution is 0.0941. The molecule has 0 bridgehead atoms. The summed E-state index contributed by atoms with van der Waals surface area (Å²) in [5.74, 6) is 0.980. The highest BCUT2D eigenvalue weighted by Gasteiger charge is 2.28. The van der Waals surface area contributed by atoms with E-state index in [0.717, 1.165) is 35.6 Å². The predicted octanol–water partition coefficient (Wildman–Crippen LogP) is 2.94. The van der Waals surface area contributed by atoms with Gasteiger partial charge in [-0.15, -0.1) is 0 Å². The fourth-order valence-corrected chi connectivity index (χ4v) is 2.48. The Morgan fingerprint density at radius 3 is 2.79 bits per heavy atom. The maximum Gasteiger partial charge on any atom is 0.273 e. The van der Waals surface area contributed by atoms with Crippen molar-refractivity contribution in [1.29, 1.82) is 0 Å². The average Bonchev–Trinajstić information content (AvgIpc) is 3.37. The summed E-state index contributed by atoms with van der Waals surface area (Å²) in [5, 5.41) is 6.65. The molecule has 1 saturated carbocycles. The summed E-state index contributed by atoms with van der Waals surface area (Å²) in [6, 6.07) is 13.4. The molecule has 1 fully saturated rings. The molecule has 6 heteroatoms. The van der Waals surface area contributed by atoms with E-state index in [4.69, 9.17) is 4.52 Å². The van der Waals surface area contributed by atoms with Crippen LogP contribution in [0.2, 0.25) is 0 Å². The first-order valence-corrected chi connectivity index (χ1v) is 7.91. The normalized spacial score (nSPS) is 13.7. The zero-order chi connectivity index (χ0) is 16.4. The quantitative estimate of drug-likeness (QED) is 0.781. The van der Waals surface area contributed by atoms with E-state index < -0.39 is 0 Å². The summed E-state index contributed by atoms with van der Waals surface area (Å²) in [6.45, 7) is 0.312. The van der Waals surface area contributed by atoms with Gasteiger partial charge in [-0.25, -0.2) is 9.97 Å². The Balaban J connectivity index is 1.42. The standard InChI is InChI=1S/C18H16N4O2/c23-18(16-9-17(24-22-16)13-6-7-13)19-10-14-8-15(21-11-20-14)12-4-2-1-3-5-12/h1-5,8-9,11,13H,6-7,10H2,(H,19,23). The summed E-state index contributed by atoms with van der Waals surface area (Å²) in [4.78, 5) is 20.6. The minimum absolute atomic E-state index is 0.259. The molecule has 1 amide bonds. The van der Waals surface area contributed by atoms with E-state index in [1.807, 2.05) is 36.4 Å². The summed E-state index contributed by atoms with van der Waals surface area (Å²) in [6.07, 6.45) is 3.73. The lowest BCUT2D eigenvalue weighted by Gasteiger charge is -2.05. The van der Waals surface area contributed by atoms with Crippen molar-refractivity contribution in [3.63, 3.8) is 0 Å². The number of nitrogens with zero attached hydrogens (tertiary/aromatic N) is 3. The van der Waals surface area contributed by atoms with E-state index in [1.54, 1.807) is 6.07 Å². The number of nitrogens with one attached hydrogen (secondary N) is 1. The molecule has 2 aromatic heterocycles. The van der Waals surface area contributed by atoms with E-state index in [0.29, 0.717) is 18.2 Å². The monoisotopic (exact) mass is 320 g/mol. The Morgan fingerprint density at radius 2 is 2.00 bits per heavy atom. The van der Waals surface area contributed by atoms with Gasteiger partial charge in [0, 0.05) is 17.5 Å². The number of hydrogen-bond donors (Lipinski definition) is 1. The molecule has 6 nitrogen and oxygen atoms in total. The van der Waals surface area contributed by atoms with E-state index in [9.17, 15) is 4.79 Å². The second-order valence-electron chi connectivity index (χ2n) is 5.83. The molecular formula is C18H16N4O2. The van der Waals surface area contributed by atoms with Crippen molar-refractivity contribution in [2.24, 2.45) is 0 Å². The van der Waals surface area contributed by atoms with Gasteiger partial charge in [0.25, 0.3) is 5.91 Å². The third-order valence-electron chi connectivity index (χ3n) is 3.96. The highest BCUT2D eigenvalue weighted by molar-refractivity contribution is 5.92. The van der Waals surface area contributed by atoms with Crippen molar-refractivity contribution < 1.29 is 9.32 Å². The van der Waals surface area contributed by atoms with Crippen LogP contribution in [0.5, 0.6) is 0 Å². The number of benzene rings is 1. The second kappa shape index (κ2) is 6.23. The largest absolute Gasteiger partial charge is 0.360 e. The van der Waals surface area contributed by atoms with Crippen molar-refractivity contribution in [2.45, 2.75) is 25.3 Å². The Labute approximate surface area is 138 Å². The summed E-state index contributed by atoms with van der Waals surface area (Å²) >= 11 is 0. The zero-order valence-corrected chi connectivity index (χ0v) is 13.0. The molecular weight excluding hydrogens is 304 g/mol. The van der Waals surface area contributed by atoms with Crippen molar-refractivity contribution in [1.82, 2.24) is 20.4 Å². The van der Waals surface area contributed by atoms with Crippen molar-refractivity contribution in [2.75, 3.05) is 0 Å². The van der Waals surface area contributed by atoms with Crippen LogP contribution in [0.15, 0.2) is 53.3 Å². The van der Waals surface area contributed by atoms with Gasteiger partial charge in [-0.2, -0.15) is 0 Å². The number of rotatable bonds is 5. The van der Waals surface area contributed by atoms with Crippen LogP contribution in [0.25, 0.3) is 11.3 Å². The number of hydrogen-bond acceptors (Lipinski definition) is 5. The van der Waals surface area contributed by atoms with Crippen LogP contribution < -0.4 is 5.32 Å². The van der Waals surface area contributed by atoms with Gasteiger partial charge in [-0.05, 0) is 18.9 Å². The molecule has 1 aliphatic rings. The first-order chi connectivity index (χ1) is 11.8. The van der Waals surface area contributed by atoms with Crippen molar-refractivity contribution >= 4 is 5.91 Å². The van der Waals surface area contributed by atoms with Gasteiger partial charge in [0.15, 0.2) is 5.69 Å². The summed E-state index contributed by atoms with van der Waals surface area (Å²) in [5.41, 5.74) is 2.89. The van der Waals surface area contributed by atoms with Crippen LogP contribution in [0, 0.1) is 0 Å². The van der Waals surface area contributed by atoms with E-state index in [1.165, 1.54) is 6.33 Å². The van der Waals surface area contributed by atoms with Crippen LogP contribution in [-0.2, 0) is 6.54 Å². The molecule has 1 N–H and O–H groups in total. The van der Waals surface area contributed by atoms with Gasteiger partial charge in [-0.1, -0.05) is 35.5 Å². The van der Waals surface area contributed by atoms with Crippen LogP contribution in [0.1, 0.15) is 40.7 Å². The van der Waals surface area contributed by atoms with Gasteiger partial charge >= 0.3 is 0 Å². The van der Waals surface area contributed by atoms with Crippen LogP contribution in [0.4, 0.5) is 0 Å². The molecule has 0 unspecified atom stereocenters. The molecule has 1 aromatic carbocycles. The number of carbonyl (C=O) groups excluding carboxylic acids is 1. The van der Waals surface area contributed by atoms with Gasteiger partial charge in [0.1, 0.15) is 12.1 Å². The topological polar surface area (TPSA) is 80.9 Å². The van der Waals surface area contributed by atoms with Gasteiger partial charge in [0.05, 0.1) is 17.9 Å². The summed E-state index contributed by atoms with van der Waals surface area (Å²) < 4.78 is 5.20. The predicted molar refractivity (Wildman–Crippen MR) is 87.1 cm³/mol. The van der Waals surface area contributed by atoms with Gasteiger partial charge in [0.2, 0.25) is 0 Å². The third-order valence-corrected chi connectivity index (χ3v) is 3.96. The molecule has 2 heterocycles. The highest BCUT2D eigenvalue weighted by Crippen LogP contribution is 2.40. The maximum atomic E-state index is 12.2. The Morgan fingerprint density at radius 1 is 1.17 bits per heavy atom. The van der Waals surface area contributed by atoms with Crippen LogP contribution in [0.3, 0.4) is 0 Å². The number of aromatic nitrogens is 3. The minimum Gasteiger partial charge on any atom is -0.360 e. The molecule has 4 rings (SSSR count). The Kier molecular flexibility index (Phi) is 3.78. The average molecular weight is 320 g/mol. The zero-order valence-electron chi connectivity index (χ0n) is 13.0. The smallest absolute Gasteiger partial charge is 0.273 e. The van der Waals surface area contributed by atoms with Crippen molar-refractivity contribution in [3.8, 4) is 11.3 Å².